The van der Waals surface area contributed by atoms with E-state index in [2.05, 4.69) is 51.7 Å². The Hall–Kier alpha value is -3.20. The number of rotatable bonds is 6. The first-order valence-corrected chi connectivity index (χ1v) is 10.7. The Kier molecular flexibility index (Phi) is 6.31. The van der Waals surface area contributed by atoms with E-state index in [0.717, 1.165) is 14.7 Å². The maximum atomic E-state index is 12.6. The van der Waals surface area contributed by atoms with Gasteiger partial charge in [-0.05, 0) is 64.9 Å². The number of nitrogens with zero attached hydrogens (tertiary/aromatic N) is 3. The molecule has 7 heteroatoms. The van der Waals surface area contributed by atoms with E-state index in [0.29, 0.717) is 29.0 Å². The number of hydrogen-bond donors (Lipinski definition) is 0. The zero-order chi connectivity index (χ0) is 21.8. The Morgan fingerprint density at radius 3 is 2.68 bits per heavy atom. The Balaban J connectivity index is 1.58. The fourth-order valence-electron chi connectivity index (χ4n) is 3.07. The second-order valence-electron chi connectivity index (χ2n) is 6.96. The average molecular weight is 525 g/mol. The quantitative estimate of drug-likeness (QED) is 0.269. The van der Waals surface area contributed by atoms with Crippen LogP contribution in [-0.2, 0) is 6.61 Å². The standard InChI is InChI=1S/C24H20IN3O3/c1-16-7-9-17(10-8-16)14-31-23-20(25)11-18(12-22(23)30-2)13-27-28-15-26-21-6-4-3-5-19(21)24(28)29/h3-13,15H,14H2,1-2H3/b27-13-. The molecular formula is C24H20IN3O3. The summed E-state index contributed by atoms with van der Waals surface area (Å²) in [6, 6.07) is 19.2. The number of aryl methyl sites for hydroxylation is 1. The zero-order valence-electron chi connectivity index (χ0n) is 17.1. The third-order valence-corrected chi connectivity index (χ3v) is 5.54. The summed E-state index contributed by atoms with van der Waals surface area (Å²) in [5, 5.41) is 4.81. The number of aromatic nitrogens is 2. The fourth-order valence-corrected chi connectivity index (χ4v) is 3.85. The van der Waals surface area contributed by atoms with Crippen LogP contribution in [0.2, 0.25) is 0 Å². The molecule has 156 valence electrons. The maximum Gasteiger partial charge on any atom is 0.281 e. The molecule has 0 N–H and O–H groups in total. The molecule has 1 aromatic heterocycles. The van der Waals surface area contributed by atoms with Crippen LogP contribution in [0.15, 0.2) is 76.9 Å². The van der Waals surface area contributed by atoms with Crippen LogP contribution >= 0.6 is 22.6 Å². The fraction of sp³-hybridized carbons (Fsp3) is 0.125. The molecule has 0 atom stereocenters. The van der Waals surface area contributed by atoms with Crippen LogP contribution in [0.3, 0.4) is 0 Å². The van der Waals surface area contributed by atoms with Gasteiger partial charge in [0.2, 0.25) is 0 Å². The molecule has 0 aliphatic heterocycles. The van der Waals surface area contributed by atoms with Crippen LogP contribution < -0.4 is 15.0 Å². The molecule has 1 heterocycles. The molecule has 0 radical (unpaired) electrons. The maximum absolute atomic E-state index is 12.6. The summed E-state index contributed by atoms with van der Waals surface area (Å²) in [5.41, 5.74) is 3.49. The zero-order valence-corrected chi connectivity index (χ0v) is 19.2. The van der Waals surface area contributed by atoms with Gasteiger partial charge in [0.05, 0.1) is 27.8 Å². The predicted octanol–water partition coefficient (Wildman–Crippen LogP) is 4.78. The lowest BCUT2D eigenvalue weighted by atomic mass is 10.2. The molecule has 4 aromatic rings. The number of hydrogen-bond acceptors (Lipinski definition) is 5. The summed E-state index contributed by atoms with van der Waals surface area (Å²) >= 11 is 2.21. The lowest BCUT2D eigenvalue weighted by molar-refractivity contribution is 0.282. The molecule has 3 aromatic carbocycles. The molecule has 0 spiro atoms. The molecule has 0 amide bonds. The largest absolute Gasteiger partial charge is 0.493 e. The Bertz CT molecular complexity index is 1310. The minimum atomic E-state index is -0.221. The van der Waals surface area contributed by atoms with E-state index >= 15 is 0 Å². The van der Waals surface area contributed by atoms with E-state index in [-0.39, 0.29) is 5.56 Å². The minimum Gasteiger partial charge on any atom is -0.493 e. The highest BCUT2D eigenvalue weighted by Crippen LogP contribution is 2.34. The summed E-state index contributed by atoms with van der Waals surface area (Å²) in [4.78, 5) is 16.9. The van der Waals surface area contributed by atoms with E-state index < -0.39 is 0 Å². The van der Waals surface area contributed by atoms with Gasteiger partial charge in [-0.3, -0.25) is 4.79 Å². The Morgan fingerprint density at radius 1 is 1.13 bits per heavy atom. The monoisotopic (exact) mass is 525 g/mol. The van der Waals surface area contributed by atoms with Crippen molar-refractivity contribution in [3.63, 3.8) is 0 Å². The van der Waals surface area contributed by atoms with Crippen molar-refractivity contribution in [1.82, 2.24) is 9.66 Å². The molecule has 6 nitrogen and oxygen atoms in total. The molecule has 0 aliphatic rings. The minimum absolute atomic E-state index is 0.221. The summed E-state index contributed by atoms with van der Waals surface area (Å²) in [6.07, 6.45) is 3.02. The third-order valence-electron chi connectivity index (χ3n) is 4.74. The van der Waals surface area contributed by atoms with Crippen molar-refractivity contribution in [3.05, 3.63) is 97.6 Å². The molecular weight excluding hydrogens is 505 g/mol. The van der Waals surface area contributed by atoms with Crippen molar-refractivity contribution in [2.75, 3.05) is 7.11 Å². The van der Waals surface area contributed by atoms with Gasteiger partial charge in [-0.1, -0.05) is 42.0 Å². The highest BCUT2D eigenvalue weighted by molar-refractivity contribution is 14.1. The second-order valence-corrected chi connectivity index (χ2v) is 8.13. The van der Waals surface area contributed by atoms with E-state index in [1.807, 2.05) is 36.4 Å². The first-order chi connectivity index (χ1) is 15.0. The van der Waals surface area contributed by atoms with Crippen molar-refractivity contribution in [2.45, 2.75) is 13.5 Å². The molecule has 0 fully saturated rings. The lowest BCUT2D eigenvalue weighted by Crippen LogP contribution is -2.17. The van der Waals surface area contributed by atoms with Gasteiger partial charge >= 0.3 is 0 Å². The van der Waals surface area contributed by atoms with Gasteiger partial charge in [-0.25, -0.2) is 4.98 Å². The lowest BCUT2D eigenvalue weighted by Gasteiger charge is -2.13. The topological polar surface area (TPSA) is 65.7 Å². The van der Waals surface area contributed by atoms with Crippen LogP contribution in [0.4, 0.5) is 0 Å². The summed E-state index contributed by atoms with van der Waals surface area (Å²) in [7, 11) is 1.60. The summed E-state index contributed by atoms with van der Waals surface area (Å²) in [5.74, 6) is 1.27. The van der Waals surface area contributed by atoms with Gasteiger partial charge in [0.15, 0.2) is 11.5 Å². The molecule has 31 heavy (non-hydrogen) atoms. The van der Waals surface area contributed by atoms with Gasteiger partial charge in [-0.15, -0.1) is 0 Å². The van der Waals surface area contributed by atoms with E-state index in [1.165, 1.54) is 16.6 Å². The number of para-hydroxylation sites is 1. The number of ether oxygens (including phenoxy) is 2. The van der Waals surface area contributed by atoms with Gasteiger partial charge in [0, 0.05) is 0 Å². The molecule has 4 rings (SSSR count). The Morgan fingerprint density at radius 2 is 1.90 bits per heavy atom. The summed E-state index contributed by atoms with van der Waals surface area (Å²) in [6.45, 7) is 2.50. The van der Waals surface area contributed by atoms with Crippen LogP contribution in [0.5, 0.6) is 11.5 Å². The molecule has 0 saturated heterocycles. The normalized spacial score (nSPS) is 11.2. The average Bonchev–Trinajstić information content (AvgIpc) is 2.79. The van der Waals surface area contributed by atoms with E-state index in [9.17, 15) is 4.79 Å². The molecule has 0 aliphatic carbocycles. The second kappa shape index (κ2) is 9.30. The van der Waals surface area contributed by atoms with Gasteiger partial charge in [-0.2, -0.15) is 9.78 Å². The van der Waals surface area contributed by atoms with Crippen LogP contribution in [-0.4, -0.2) is 23.0 Å². The van der Waals surface area contributed by atoms with Crippen molar-refractivity contribution in [1.29, 1.82) is 0 Å². The first-order valence-electron chi connectivity index (χ1n) is 9.62. The number of benzene rings is 3. The van der Waals surface area contributed by atoms with Gasteiger partial charge < -0.3 is 9.47 Å². The van der Waals surface area contributed by atoms with Crippen molar-refractivity contribution < 1.29 is 9.47 Å². The predicted molar refractivity (Wildman–Crippen MR) is 130 cm³/mol. The van der Waals surface area contributed by atoms with Gasteiger partial charge in [0.1, 0.15) is 12.9 Å². The molecule has 0 saturated carbocycles. The molecule has 0 unspecified atom stereocenters. The summed E-state index contributed by atoms with van der Waals surface area (Å²) < 4.78 is 13.7. The highest BCUT2D eigenvalue weighted by atomic mass is 127. The highest BCUT2D eigenvalue weighted by Gasteiger charge is 2.12. The van der Waals surface area contributed by atoms with Crippen molar-refractivity contribution >= 4 is 39.7 Å². The number of methoxy groups -OCH3 is 1. The number of fused-ring (bicyclic) bond motifs is 1. The SMILES string of the molecule is COc1cc(/C=N\n2cnc3ccccc3c2=O)cc(I)c1OCc1ccc(C)cc1. The third kappa shape index (κ3) is 4.77. The van der Waals surface area contributed by atoms with E-state index in [4.69, 9.17) is 9.47 Å². The smallest absolute Gasteiger partial charge is 0.281 e. The Labute approximate surface area is 193 Å². The first kappa shape index (κ1) is 21.0. The van der Waals surface area contributed by atoms with Gasteiger partial charge in [0.25, 0.3) is 5.56 Å². The number of halogens is 1. The van der Waals surface area contributed by atoms with Crippen LogP contribution in [0, 0.1) is 10.5 Å². The van der Waals surface area contributed by atoms with Crippen molar-refractivity contribution in [2.24, 2.45) is 5.10 Å². The van der Waals surface area contributed by atoms with Crippen LogP contribution in [0.1, 0.15) is 16.7 Å². The molecule has 0 bridgehead atoms. The van der Waals surface area contributed by atoms with Crippen LogP contribution in [0.25, 0.3) is 10.9 Å². The van der Waals surface area contributed by atoms with E-state index in [1.54, 1.807) is 25.5 Å². The van der Waals surface area contributed by atoms with Crippen molar-refractivity contribution in [3.8, 4) is 11.5 Å².